The van der Waals surface area contributed by atoms with Crippen LogP contribution in [0.2, 0.25) is 0 Å². The fraction of sp³-hybridized carbons (Fsp3) is 1.00. The zero-order valence-corrected chi connectivity index (χ0v) is 15.9. The smallest absolute Gasteiger partial charge is 0.386 e. The van der Waals surface area contributed by atoms with Crippen LogP contribution in [0.1, 0.15) is 80.1 Å². The van der Waals surface area contributed by atoms with Gasteiger partial charge in [0.1, 0.15) is 0 Å². The van der Waals surface area contributed by atoms with E-state index in [0.29, 0.717) is 37.6 Å². The molecule has 0 bridgehead atoms. The van der Waals surface area contributed by atoms with E-state index in [0.717, 1.165) is 0 Å². The predicted molar refractivity (Wildman–Crippen MR) is 95.8 cm³/mol. The Kier molecular flexibility index (Phi) is 14.5. The van der Waals surface area contributed by atoms with Crippen LogP contribution in [-0.2, 0) is 14.0 Å². The van der Waals surface area contributed by atoms with Crippen molar-refractivity contribution in [3.63, 3.8) is 0 Å². The Hall–Kier alpha value is -0.0551. The highest BCUT2D eigenvalue weighted by atomic mass is 16.7. The Bertz CT molecular complexity index is 200. The molecule has 0 heterocycles. The van der Waals surface area contributed by atoms with Crippen molar-refractivity contribution < 1.29 is 14.0 Å². The maximum absolute atomic E-state index is 5.87. The van der Waals surface area contributed by atoms with Crippen LogP contribution in [0.25, 0.3) is 0 Å². The van der Waals surface area contributed by atoms with Crippen molar-refractivity contribution in [1.29, 1.82) is 0 Å². The predicted octanol–water partition coefficient (Wildman–Crippen LogP) is 5.33. The van der Waals surface area contributed by atoms with Gasteiger partial charge in [-0.25, -0.2) is 0 Å². The molecule has 0 saturated carbocycles. The lowest BCUT2D eigenvalue weighted by atomic mass is 10.0. The summed E-state index contributed by atoms with van der Waals surface area (Å²) in [5, 5.41) is 0. The summed E-state index contributed by atoms with van der Waals surface area (Å²) in [5.41, 5.74) is 0. The van der Waals surface area contributed by atoms with Crippen LogP contribution in [0.5, 0.6) is 0 Å². The molecule has 3 nitrogen and oxygen atoms in total. The molecule has 0 aromatic carbocycles. The summed E-state index contributed by atoms with van der Waals surface area (Å²) < 4.78 is 17.6. The molecule has 132 valence electrons. The van der Waals surface area contributed by atoms with E-state index in [2.05, 4.69) is 41.5 Å². The van der Waals surface area contributed by atoms with Gasteiger partial charge in [0.25, 0.3) is 0 Å². The molecule has 4 heteroatoms. The Morgan fingerprint density at radius 2 is 0.864 bits per heavy atom. The van der Waals surface area contributed by atoms with Crippen molar-refractivity contribution in [2.45, 2.75) is 80.1 Å². The second-order valence-electron chi connectivity index (χ2n) is 6.97. The van der Waals surface area contributed by atoms with Gasteiger partial charge in [0.15, 0.2) is 0 Å². The molecule has 0 rings (SSSR count). The van der Waals surface area contributed by atoms with Gasteiger partial charge in [0.05, 0.1) is 0 Å². The summed E-state index contributed by atoms with van der Waals surface area (Å²) in [6.07, 6.45) is 7.13. The normalized spacial score (nSPS) is 15.5. The van der Waals surface area contributed by atoms with Crippen molar-refractivity contribution in [1.82, 2.24) is 0 Å². The Morgan fingerprint density at radius 1 is 0.591 bits per heavy atom. The fourth-order valence-corrected chi connectivity index (χ4v) is 2.60. The summed E-state index contributed by atoms with van der Waals surface area (Å²) >= 11 is 0. The largest absolute Gasteiger partial charge is 0.639 e. The van der Waals surface area contributed by atoms with Gasteiger partial charge in [-0.1, -0.05) is 60.8 Å². The highest BCUT2D eigenvalue weighted by molar-refractivity contribution is 6.36. The summed E-state index contributed by atoms with van der Waals surface area (Å²) in [7, 11) is -0.502. The first-order chi connectivity index (χ1) is 10.5. The van der Waals surface area contributed by atoms with Crippen LogP contribution in [-0.4, -0.2) is 27.1 Å². The van der Waals surface area contributed by atoms with Crippen LogP contribution in [0.4, 0.5) is 0 Å². The van der Waals surface area contributed by atoms with E-state index in [9.17, 15) is 0 Å². The number of hydrogen-bond donors (Lipinski definition) is 0. The van der Waals surface area contributed by atoms with Crippen LogP contribution in [0.15, 0.2) is 0 Å². The van der Waals surface area contributed by atoms with Gasteiger partial charge in [0, 0.05) is 19.8 Å². The van der Waals surface area contributed by atoms with Crippen molar-refractivity contribution >= 4 is 7.32 Å². The maximum Gasteiger partial charge on any atom is 0.639 e. The molecule has 0 spiro atoms. The van der Waals surface area contributed by atoms with E-state index in [1.807, 2.05) is 0 Å². The van der Waals surface area contributed by atoms with Gasteiger partial charge in [-0.2, -0.15) is 0 Å². The van der Waals surface area contributed by atoms with Gasteiger partial charge in [0.2, 0.25) is 0 Å². The van der Waals surface area contributed by atoms with Gasteiger partial charge in [-0.05, 0) is 37.0 Å². The van der Waals surface area contributed by atoms with Crippen molar-refractivity contribution in [3.05, 3.63) is 0 Å². The zero-order chi connectivity index (χ0) is 16.8. The second-order valence-corrected chi connectivity index (χ2v) is 6.97. The van der Waals surface area contributed by atoms with Gasteiger partial charge in [-0.15, -0.1) is 0 Å². The molecule has 0 amide bonds. The van der Waals surface area contributed by atoms with E-state index in [1.54, 1.807) is 0 Å². The minimum absolute atomic E-state index is 0.502. The third-order valence-electron chi connectivity index (χ3n) is 3.89. The van der Waals surface area contributed by atoms with E-state index in [1.165, 1.54) is 38.5 Å². The summed E-state index contributed by atoms with van der Waals surface area (Å²) in [6, 6.07) is 0. The molecule has 0 fully saturated rings. The van der Waals surface area contributed by atoms with Crippen molar-refractivity contribution in [2.24, 2.45) is 17.8 Å². The Labute approximate surface area is 139 Å². The first-order valence-corrected chi connectivity index (χ1v) is 9.38. The molecule has 0 aliphatic heterocycles. The lowest BCUT2D eigenvalue weighted by molar-refractivity contribution is 0.0605. The average Bonchev–Trinajstić information content (AvgIpc) is 2.47. The van der Waals surface area contributed by atoms with E-state index in [4.69, 9.17) is 14.0 Å². The number of rotatable bonds is 15. The summed E-state index contributed by atoms with van der Waals surface area (Å²) in [4.78, 5) is 0. The molecule has 0 aromatic heterocycles. The third kappa shape index (κ3) is 12.5. The number of hydrogen-bond acceptors (Lipinski definition) is 3. The SMILES string of the molecule is CCCC(C)COB(OCC(C)CCC)OCC(C)CCC. The zero-order valence-electron chi connectivity index (χ0n) is 15.9. The lowest BCUT2D eigenvalue weighted by Crippen LogP contribution is -2.32. The molecule has 0 aliphatic rings. The van der Waals surface area contributed by atoms with Gasteiger partial charge >= 0.3 is 7.32 Å². The van der Waals surface area contributed by atoms with Gasteiger partial charge < -0.3 is 14.0 Å². The van der Waals surface area contributed by atoms with Crippen molar-refractivity contribution in [2.75, 3.05) is 19.8 Å². The van der Waals surface area contributed by atoms with Gasteiger partial charge in [-0.3, -0.25) is 0 Å². The molecule has 0 radical (unpaired) electrons. The van der Waals surface area contributed by atoms with E-state index >= 15 is 0 Å². The molecule has 0 aliphatic carbocycles. The molecule has 0 saturated heterocycles. The molecule has 3 atom stereocenters. The molecular formula is C18H39BO3. The van der Waals surface area contributed by atoms with Crippen LogP contribution in [0.3, 0.4) is 0 Å². The molecule has 0 N–H and O–H groups in total. The average molecular weight is 314 g/mol. The minimum atomic E-state index is -0.502. The van der Waals surface area contributed by atoms with E-state index < -0.39 is 7.32 Å². The monoisotopic (exact) mass is 314 g/mol. The maximum atomic E-state index is 5.87. The first-order valence-electron chi connectivity index (χ1n) is 9.38. The van der Waals surface area contributed by atoms with Crippen LogP contribution in [0, 0.1) is 17.8 Å². The summed E-state index contributed by atoms with van der Waals surface area (Å²) in [5.74, 6) is 1.67. The van der Waals surface area contributed by atoms with E-state index in [-0.39, 0.29) is 0 Å². The quantitative estimate of drug-likeness (QED) is 0.382. The third-order valence-corrected chi connectivity index (χ3v) is 3.89. The van der Waals surface area contributed by atoms with Crippen LogP contribution < -0.4 is 0 Å². The van der Waals surface area contributed by atoms with Crippen LogP contribution >= 0.6 is 0 Å². The Morgan fingerprint density at radius 3 is 1.09 bits per heavy atom. The molecule has 22 heavy (non-hydrogen) atoms. The topological polar surface area (TPSA) is 27.7 Å². The highest BCUT2D eigenvalue weighted by Crippen LogP contribution is 2.12. The highest BCUT2D eigenvalue weighted by Gasteiger charge is 2.24. The minimum Gasteiger partial charge on any atom is -0.386 e. The molecule has 0 aromatic rings. The lowest BCUT2D eigenvalue weighted by Gasteiger charge is -2.20. The first kappa shape index (κ1) is 21.9. The molecule has 3 unspecified atom stereocenters. The fourth-order valence-electron chi connectivity index (χ4n) is 2.60. The molecular weight excluding hydrogens is 275 g/mol. The van der Waals surface area contributed by atoms with Crippen molar-refractivity contribution in [3.8, 4) is 0 Å². The second kappa shape index (κ2) is 14.5. The standard InChI is InChI=1S/C18H39BO3/c1-7-10-16(4)13-20-19(21-14-17(5)11-8-2)22-15-18(6)12-9-3/h16-18H,7-15H2,1-6H3. The Balaban J connectivity index is 4.17. The summed E-state index contributed by atoms with van der Waals surface area (Å²) in [6.45, 7) is 15.4.